The maximum atomic E-state index is 11.9. The number of carbonyl (C=O) groups excluding carboxylic acids is 2. The number of esters is 2. The Morgan fingerprint density at radius 3 is 2.25 bits per heavy atom. The number of rotatable bonds is 6. The zero-order valence-corrected chi connectivity index (χ0v) is 18.9. The highest BCUT2D eigenvalue weighted by molar-refractivity contribution is 7.11. The summed E-state index contributed by atoms with van der Waals surface area (Å²) in [6, 6.07) is 12.7. The van der Waals surface area contributed by atoms with E-state index >= 15 is 0 Å². The largest absolute Gasteiger partial charge is 0.465 e. The van der Waals surface area contributed by atoms with Crippen molar-refractivity contribution in [2.45, 2.75) is 13.8 Å². The lowest BCUT2D eigenvalue weighted by molar-refractivity contribution is 0.0599. The summed E-state index contributed by atoms with van der Waals surface area (Å²) in [7, 11) is 2.51. The van der Waals surface area contributed by atoms with Gasteiger partial charge in [0.1, 0.15) is 16.6 Å². The van der Waals surface area contributed by atoms with Crippen LogP contribution in [-0.4, -0.2) is 31.1 Å². The van der Waals surface area contributed by atoms with Gasteiger partial charge >= 0.3 is 11.9 Å². The Morgan fingerprint density at radius 1 is 1.03 bits per heavy atom. The molecule has 0 aliphatic rings. The summed E-state index contributed by atoms with van der Waals surface area (Å²) < 4.78 is 9.48. The van der Waals surface area contributed by atoms with Crippen LogP contribution in [0, 0.1) is 25.2 Å². The summed E-state index contributed by atoms with van der Waals surface area (Å²) >= 11 is 1.36. The van der Waals surface area contributed by atoms with Crippen LogP contribution in [0.3, 0.4) is 0 Å². The highest BCUT2D eigenvalue weighted by atomic mass is 32.1. The molecule has 0 fully saturated rings. The van der Waals surface area contributed by atoms with E-state index in [-0.39, 0.29) is 11.1 Å². The summed E-state index contributed by atoms with van der Waals surface area (Å²) in [4.78, 5) is 28.5. The Kier molecular flexibility index (Phi) is 7.03. The predicted molar refractivity (Wildman–Crippen MR) is 123 cm³/mol. The quantitative estimate of drug-likeness (QED) is 0.420. The van der Waals surface area contributed by atoms with Crippen LogP contribution in [0.1, 0.15) is 36.9 Å². The van der Waals surface area contributed by atoms with E-state index in [0.717, 1.165) is 11.3 Å². The van der Waals surface area contributed by atoms with Crippen molar-refractivity contribution in [1.82, 2.24) is 4.98 Å². The van der Waals surface area contributed by atoms with Crippen molar-refractivity contribution in [3.8, 4) is 17.3 Å². The van der Waals surface area contributed by atoms with Crippen LogP contribution in [0.5, 0.6) is 0 Å². The average Bonchev–Trinajstić information content (AvgIpc) is 3.30. The number of nitriles is 1. The number of nitrogens with zero attached hydrogens (tertiary/aromatic N) is 2. The van der Waals surface area contributed by atoms with Gasteiger partial charge in [-0.25, -0.2) is 14.6 Å². The third-order valence-corrected chi connectivity index (χ3v) is 5.69. The molecule has 1 aromatic heterocycles. The first-order chi connectivity index (χ1) is 15.4. The molecule has 0 amide bonds. The number of methoxy groups -OCH3 is 2. The van der Waals surface area contributed by atoms with E-state index in [4.69, 9.17) is 9.47 Å². The fourth-order valence-corrected chi connectivity index (χ4v) is 3.71. The Balaban J connectivity index is 1.90. The number of hydrogen-bond acceptors (Lipinski definition) is 8. The highest BCUT2D eigenvalue weighted by Gasteiger charge is 2.14. The molecule has 0 saturated carbocycles. The van der Waals surface area contributed by atoms with E-state index in [9.17, 15) is 14.9 Å². The molecule has 8 heteroatoms. The van der Waals surface area contributed by atoms with E-state index in [2.05, 4.69) is 29.4 Å². The number of aryl methyl sites for hydroxylation is 2. The number of thiazole rings is 1. The van der Waals surface area contributed by atoms with E-state index in [1.165, 1.54) is 61.1 Å². The monoisotopic (exact) mass is 447 g/mol. The molecule has 0 aliphatic heterocycles. The van der Waals surface area contributed by atoms with E-state index in [1.807, 2.05) is 24.4 Å². The molecule has 0 atom stereocenters. The molecular formula is C24H21N3O4S. The van der Waals surface area contributed by atoms with Crippen molar-refractivity contribution in [3.63, 3.8) is 0 Å². The number of carbonyl (C=O) groups is 2. The molecule has 0 radical (unpaired) electrons. The molecule has 3 rings (SSSR count). The van der Waals surface area contributed by atoms with E-state index in [0.29, 0.717) is 16.3 Å². The van der Waals surface area contributed by atoms with Gasteiger partial charge in [0.05, 0.1) is 31.0 Å². The Labute approximate surface area is 189 Å². The molecule has 162 valence electrons. The molecule has 1 N–H and O–H groups in total. The van der Waals surface area contributed by atoms with Crippen LogP contribution in [0.4, 0.5) is 5.69 Å². The molecule has 0 bridgehead atoms. The standard InChI is InChI=1S/C24H21N3O4S/c1-14-5-6-16(7-15(14)2)21-13-32-22(27-21)19(11-25)12-26-20-9-17(23(28)30-3)8-18(10-20)24(29)31-4/h5-10,12-13,26H,1-4H3/b19-12-. The van der Waals surface area contributed by atoms with Gasteiger partial charge in [0.2, 0.25) is 0 Å². The highest BCUT2D eigenvalue weighted by Crippen LogP contribution is 2.27. The van der Waals surface area contributed by atoms with Gasteiger partial charge in [-0.05, 0) is 49.2 Å². The second kappa shape index (κ2) is 9.90. The minimum absolute atomic E-state index is 0.177. The number of aromatic nitrogens is 1. The van der Waals surface area contributed by atoms with E-state index < -0.39 is 11.9 Å². The van der Waals surface area contributed by atoms with E-state index in [1.54, 1.807) is 0 Å². The Hall–Kier alpha value is -3.96. The number of anilines is 1. The van der Waals surface area contributed by atoms with Gasteiger partial charge in [0.25, 0.3) is 0 Å². The molecule has 7 nitrogen and oxygen atoms in total. The first-order valence-electron chi connectivity index (χ1n) is 9.58. The first-order valence-corrected chi connectivity index (χ1v) is 10.5. The van der Waals surface area contributed by atoms with Gasteiger partial charge in [-0.2, -0.15) is 5.26 Å². The van der Waals surface area contributed by atoms with Crippen molar-refractivity contribution in [1.29, 1.82) is 5.26 Å². The van der Waals surface area contributed by atoms with Crippen LogP contribution in [0.2, 0.25) is 0 Å². The molecule has 0 saturated heterocycles. The van der Waals surface area contributed by atoms with Gasteiger partial charge < -0.3 is 14.8 Å². The fraction of sp³-hybridized carbons (Fsp3) is 0.167. The number of benzene rings is 2. The molecular weight excluding hydrogens is 426 g/mol. The smallest absolute Gasteiger partial charge is 0.337 e. The molecule has 2 aromatic carbocycles. The predicted octanol–water partition coefficient (Wildman–Crippen LogP) is 4.98. The number of nitrogens with one attached hydrogen (secondary N) is 1. The van der Waals surface area contributed by atoms with Crippen LogP contribution in [-0.2, 0) is 9.47 Å². The normalized spacial score (nSPS) is 10.9. The maximum absolute atomic E-state index is 11.9. The lowest BCUT2D eigenvalue weighted by Crippen LogP contribution is -2.07. The topological polar surface area (TPSA) is 101 Å². The van der Waals surface area contributed by atoms with Crippen LogP contribution in [0.25, 0.3) is 16.8 Å². The van der Waals surface area contributed by atoms with Crippen LogP contribution in [0.15, 0.2) is 48.0 Å². The summed E-state index contributed by atoms with van der Waals surface area (Å²) in [5.74, 6) is -1.19. The molecule has 0 aliphatic carbocycles. The molecule has 32 heavy (non-hydrogen) atoms. The first kappa shape index (κ1) is 22.7. The fourth-order valence-electron chi connectivity index (χ4n) is 2.91. The van der Waals surface area contributed by atoms with Crippen molar-refractivity contribution in [2.75, 3.05) is 19.5 Å². The minimum atomic E-state index is -0.596. The number of allylic oxidation sites excluding steroid dienone is 1. The zero-order valence-electron chi connectivity index (χ0n) is 18.1. The average molecular weight is 448 g/mol. The van der Waals surface area contributed by atoms with Gasteiger partial charge in [-0.15, -0.1) is 11.3 Å². The second-order valence-electron chi connectivity index (χ2n) is 6.93. The lowest BCUT2D eigenvalue weighted by atomic mass is 10.1. The number of hydrogen-bond donors (Lipinski definition) is 1. The summed E-state index contributed by atoms with van der Waals surface area (Å²) in [6.45, 7) is 4.09. The second-order valence-corrected chi connectivity index (χ2v) is 7.79. The zero-order chi connectivity index (χ0) is 23.3. The SMILES string of the molecule is COC(=O)c1cc(N/C=C(/C#N)c2nc(-c3ccc(C)c(C)c3)cs2)cc(C(=O)OC)c1. The van der Waals surface area contributed by atoms with Crippen LogP contribution < -0.4 is 5.32 Å². The molecule has 0 unspecified atom stereocenters. The lowest BCUT2D eigenvalue weighted by Gasteiger charge is -2.08. The summed E-state index contributed by atoms with van der Waals surface area (Å²) in [5.41, 5.74) is 5.23. The van der Waals surface area contributed by atoms with Crippen molar-refractivity contribution in [3.05, 3.63) is 75.2 Å². The van der Waals surface area contributed by atoms with Crippen LogP contribution >= 0.6 is 11.3 Å². The maximum Gasteiger partial charge on any atom is 0.337 e. The van der Waals surface area contributed by atoms with Gasteiger partial charge in [0, 0.05) is 22.8 Å². The van der Waals surface area contributed by atoms with Gasteiger partial charge in [0.15, 0.2) is 0 Å². The summed E-state index contributed by atoms with van der Waals surface area (Å²) in [6.07, 6.45) is 1.49. The Morgan fingerprint density at radius 2 is 1.69 bits per heavy atom. The number of ether oxygens (including phenoxy) is 2. The summed E-state index contributed by atoms with van der Waals surface area (Å²) in [5, 5.41) is 15.1. The molecule has 1 heterocycles. The van der Waals surface area contributed by atoms with Crippen molar-refractivity contribution >= 4 is 34.5 Å². The van der Waals surface area contributed by atoms with Crippen molar-refractivity contribution in [2.24, 2.45) is 0 Å². The Bertz CT molecular complexity index is 1220. The minimum Gasteiger partial charge on any atom is -0.465 e. The molecule has 0 spiro atoms. The third kappa shape index (κ3) is 5.02. The van der Waals surface area contributed by atoms with Gasteiger partial charge in [-0.3, -0.25) is 0 Å². The van der Waals surface area contributed by atoms with Gasteiger partial charge in [-0.1, -0.05) is 12.1 Å². The molecule has 3 aromatic rings. The third-order valence-electron chi connectivity index (χ3n) is 4.82. The van der Waals surface area contributed by atoms with Crippen molar-refractivity contribution < 1.29 is 19.1 Å².